The van der Waals surface area contributed by atoms with Crippen LogP contribution in [0.5, 0.6) is 0 Å². The number of rotatable bonds is 6. The molecule has 84 valence electrons. The number of halogens is 1. The predicted octanol–water partition coefficient (Wildman–Crippen LogP) is 2.90. The van der Waals surface area contributed by atoms with Crippen LogP contribution in [0.1, 0.15) is 12.0 Å². The average Bonchev–Trinajstić information content (AvgIpc) is 2.29. The summed E-state index contributed by atoms with van der Waals surface area (Å²) in [5, 5.41) is 0. The summed E-state index contributed by atoms with van der Waals surface area (Å²) in [4.78, 5) is 2.22. The standard InChI is InChI=1S/C12H18ClNO/c1-14(8-5-9-15-2)12-7-4-3-6-11(12)10-13/h3-4,6-7H,5,8-10H2,1-2H3. The van der Waals surface area contributed by atoms with Crippen molar-refractivity contribution in [2.45, 2.75) is 12.3 Å². The highest BCUT2D eigenvalue weighted by molar-refractivity contribution is 6.17. The Labute approximate surface area is 96.8 Å². The molecule has 1 rings (SSSR count). The molecule has 0 aliphatic rings. The number of para-hydroxylation sites is 1. The van der Waals surface area contributed by atoms with Crippen molar-refractivity contribution in [2.75, 3.05) is 32.2 Å². The number of benzene rings is 1. The summed E-state index contributed by atoms with van der Waals surface area (Å²) < 4.78 is 5.03. The van der Waals surface area contributed by atoms with Crippen LogP contribution in [0.15, 0.2) is 24.3 Å². The highest BCUT2D eigenvalue weighted by atomic mass is 35.5. The summed E-state index contributed by atoms with van der Waals surface area (Å²) in [7, 11) is 3.81. The zero-order chi connectivity index (χ0) is 11.1. The van der Waals surface area contributed by atoms with Crippen molar-refractivity contribution >= 4 is 17.3 Å². The Morgan fingerprint density at radius 1 is 1.33 bits per heavy atom. The number of nitrogens with zero attached hydrogens (tertiary/aromatic N) is 1. The summed E-state index contributed by atoms with van der Waals surface area (Å²) in [6, 6.07) is 8.22. The fourth-order valence-electron chi connectivity index (χ4n) is 1.56. The lowest BCUT2D eigenvalue weighted by molar-refractivity contribution is 0.196. The van der Waals surface area contributed by atoms with Crippen LogP contribution in [-0.2, 0) is 10.6 Å². The lowest BCUT2D eigenvalue weighted by atomic mass is 10.2. The van der Waals surface area contributed by atoms with Gasteiger partial charge in [0, 0.05) is 38.9 Å². The first-order valence-corrected chi connectivity index (χ1v) is 5.67. The van der Waals surface area contributed by atoms with Gasteiger partial charge < -0.3 is 9.64 Å². The van der Waals surface area contributed by atoms with Crippen LogP contribution in [-0.4, -0.2) is 27.3 Å². The molecule has 0 amide bonds. The molecule has 0 aromatic heterocycles. The van der Waals surface area contributed by atoms with E-state index >= 15 is 0 Å². The molecule has 15 heavy (non-hydrogen) atoms. The second-order valence-electron chi connectivity index (χ2n) is 3.53. The van der Waals surface area contributed by atoms with E-state index < -0.39 is 0 Å². The van der Waals surface area contributed by atoms with E-state index in [9.17, 15) is 0 Å². The van der Waals surface area contributed by atoms with E-state index in [0.717, 1.165) is 19.6 Å². The minimum atomic E-state index is 0.560. The first-order chi connectivity index (χ1) is 7.29. The van der Waals surface area contributed by atoms with Gasteiger partial charge in [-0.05, 0) is 18.1 Å². The number of hydrogen-bond donors (Lipinski definition) is 0. The highest BCUT2D eigenvalue weighted by Crippen LogP contribution is 2.20. The summed E-state index contributed by atoms with van der Waals surface area (Å²) in [5.74, 6) is 0.560. The average molecular weight is 228 g/mol. The molecule has 0 N–H and O–H groups in total. The molecule has 1 aromatic carbocycles. The Balaban J connectivity index is 2.59. The molecule has 0 aliphatic heterocycles. The minimum absolute atomic E-state index is 0.560. The second kappa shape index (κ2) is 6.70. The number of anilines is 1. The molecule has 0 saturated carbocycles. The van der Waals surface area contributed by atoms with Crippen LogP contribution in [0.4, 0.5) is 5.69 Å². The van der Waals surface area contributed by atoms with Gasteiger partial charge in [0.25, 0.3) is 0 Å². The quantitative estimate of drug-likeness (QED) is 0.547. The van der Waals surface area contributed by atoms with Crippen molar-refractivity contribution in [2.24, 2.45) is 0 Å². The van der Waals surface area contributed by atoms with Gasteiger partial charge in [-0.3, -0.25) is 0 Å². The lowest BCUT2D eigenvalue weighted by Crippen LogP contribution is -2.20. The first-order valence-electron chi connectivity index (χ1n) is 5.13. The topological polar surface area (TPSA) is 12.5 Å². The third kappa shape index (κ3) is 3.73. The summed E-state index contributed by atoms with van der Waals surface area (Å²) >= 11 is 5.89. The molecule has 3 heteroatoms. The van der Waals surface area contributed by atoms with E-state index in [-0.39, 0.29) is 0 Å². The molecule has 0 saturated heterocycles. The van der Waals surface area contributed by atoms with Crippen LogP contribution >= 0.6 is 11.6 Å². The van der Waals surface area contributed by atoms with Crippen molar-refractivity contribution in [1.29, 1.82) is 0 Å². The third-order valence-electron chi connectivity index (χ3n) is 2.39. The maximum Gasteiger partial charge on any atom is 0.0494 e. The number of methoxy groups -OCH3 is 1. The van der Waals surface area contributed by atoms with Gasteiger partial charge in [0.2, 0.25) is 0 Å². The van der Waals surface area contributed by atoms with Crippen molar-refractivity contribution < 1.29 is 4.74 Å². The van der Waals surface area contributed by atoms with Crippen LogP contribution in [0.3, 0.4) is 0 Å². The number of alkyl halides is 1. The molecule has 0 atom stereocenters. The van der Waals surface area contributed by atoms with Crippen LogP contribution in [0.2, 0.25) is 0 Å². The summed E-state index contributed by atoms with van der Waals surface area (Å²) in [6.07, 6.45) is 1.03. The van der Waals surface area contributed by atoms with Gasteiger partial charge >= 0.3 is 0 Å². The Morgan fingerprint density at radius 3 is 2.73 bits per heavy atom. The molecule has 0 bridgehead atoms. The Hall–Kier alpha value is -0.730. The van der Waals surface area contributed by atoms with Gasteiger partial charge in [-0.2, -0.15) is 0 Å². The molecule has 1 aromatic rings. The zero-order valence-electron chi connectivity index (χ0n) is 9.37. The number of hydrogen-bond acceptors (Lipinski definition) is 2. The second-order valence-corrected chi connectivity index (χ2v) is 3.80. The molecule has 0 heterocycles. The van der Waals surface area contributed by atoms with Crippen molar-refractivity contribution in [3.63, 3.8) is 0 Å². The van der Waals surface area contributed by atoms with E-state index in [1.807, 2.05) is 12.1 Å². The van der Waals surface area contributed by atoms with E-state index in [4.69, 9.17) is 16.3 Å². The minimum Gasteiger partial charge on any atom is -0.385 e. The van der Waals surface area contributed by atoms with E-state index in [1.54, 1.807) is 7.11 Å². The molecule has 0 aliphatic carbocycles. The number of ether oxygens (including phenoxy) is 1. The molecule has 0 spiro atoms. The van der Waals surface area contributed by atoms with E-state index in [0.29, 0.717) is 5.88 Å². The lowest BCUT2D eigenvalue weighted by Gasteiger charge is -2.21. The van der Waals surface area contributed by atoms with E-state index in [2.05, 4.69) is 24.1 Å². The highest BCUT2D eigenvalue weighted by Gasteiger charge is 2.04. The maximum absolute atomic E-state index is 5.89. The van der Waals surface area contributed by atoms with Gasteiger partial charge in [0.15, 0.2) is 0 Å². The van der Waals surface area contributed by atoms with Gasteiger partial charge in [-0.15, -0.1) is 11.6 Å². The molecule has 0 fully saturated rings. The normalized spacial score (nSPS) is 10.3. The Morgan fingerprint density at radius 2 is 2.07 bits per heavy atom. The van der Waals surface area contributed by atoms with Crippen LogP contribution < -0.4 is 4.90 Å². The van der Waals surface area contributed by atoms with Crippen LogP contribution in [0, 0.1) is 0 Å². The fraction of sp³-hybridized carbons (Fsp3) is 0.500. The zero-order valence-corrected chi connectivity index (χ0v) is 10.1. The fourth-order valence-corrected chi connectivity index (χ4v) is 1.79. The summed E-state index contributed by atoms with van der Waals surface area (Å²) in [6.45, 7) is 1.79. The molecule has 0 unspecified atom stereocenters. The first kappa shape index (κ1) is 12.3. The van der Waals surface area contributed by atoms with Gasteiger partial charge in [-0.25, -0.2) is 0 Å². The molecule has 2 nitrogen and oxygen atoms in total. The molecular formula is C12H18ClNO. The third-order valence-corrected chi connectivity index (χ3v) is 2.68. The van der Waals surface area contributed by atoms with Gasteiger partial charge in [0.05, 0.1) is 0 Å². The van der Waals surface area contributed by atoms with Crippen molar-refractivity contribution in [3.05, 3.63) is 29.8 Å². The Bertz CT molecular complexity index is 291. The summed E-state index contributed by atoms with van der Waals surface area (Å²) in [5.41, 5.74) is 2.39. The maximum atomic E-state index is 5.89. The largest absolute Gasteiger partial charge is 0.385 e. The molecular weight excluding hydrogens is 210 g/mol. The Kier molecular flexibility index (Phi) is 5.51. The van der Waals surface area contributed by atoms with Crippen molar-refractivity contribution in [3.8, 4) is 0 Å². The van der Waals surface area contributed by atoms with E-state index in [1.165, 1.54) is 11.3 Å². The van der Waals surface area contributed by atoms with Crippen molar-refractivity contribution in [1.82, 2.24) is 0 Å². The smallest absolute Gasteiger partial charge is 0.0494 e. The van der Waals surface area contributed by atoms with Crippen LogP contribution in [0.25, 0.3) is 0 Å². The monoisotopic (exact) mass is 227 g/mol. The SMILES string of the molecule is COCCCN(C)c1ccccc1CCl. The predicted molar refractivity (Wildman–Crippen MR) is 65.8 cm³/mol. The molecule has 0 radical (unpaired) electrons. The van der Waals surface area contributed by atoms with Gasteiger partial charge in [0.1, 0.15) is 0 Å². The van der Waals surface area contributed by atoms with Gasteiger partial charge in [-0.1, -0.05) is 18.2 Å².